The largest absolute Gasteiger partial charge is 0.337 e. The van der Waals surface area contributed by atoms with E-state index in [0.717, 1.165) is 25.9 Å². The topological polar surface area (TPSA) is 62.3 Å². The molecule has 0 bridgehead atoms. The predicted molar refractivity (Wildman–Crippen MR) is 103 cm³/mol. The van der Waals surface area contributed by atoms with Crippen molar-refractivity contribution in [1.82, 2.24) is 9.88 Å². The molecule has 1 aliphatic rings. The molecule has 3 rings (SSSR count). The maximum Gasteiger partial charge on any atom is 0.272 e. The van der Waals surface area contributed by atoms with Crippen LogP contribution >= 0.6 is 23.2 Å². The van der Waals surface area contributed by atoms with E-state index < -0.39 is 0 Å². The van der Waals surface area contributed by atoms with Gasteiger partial charge in [-0.1, -0.05) is 30.1 Å². The number of nitrogens with zero attached hydrogens (tertiary/aromatic N) is 2. The highest BCUT2D eigenvalue weighted by atomic mass is 35.5. The molecule has 5 nitrogen and oxygen atoms in total. The standard InChI is InChI=1S/C19H19Cl2N3O2/c1-12-5-8-24(9-6-12)19(26)17-10-13(4-7-22-17)18(25)23-14-2-3-15(20)16(21)11-14/h2-4,7,10-12H,5-6,8-9H2,1H3,(H,23,25). The van der Waals surface area contributed by atoms with Gasteiger partial charge >= 0.3 is 0 Å². The highest BCUT2D eigenvalue weighted by molar-refractivity contribution is 6.42. The maximum atomic E-state index is 12.6. The second kappa shape index (κ2) is 8.06. The van der Waals surface area contributed by atoms with Crippen LogP contribution in [0.15, 0.2) is 36.5 Å². The minimum absolute atomic E-state index is 0.138. The Morgan fingerprint density at radius 3 is 2.54 bits per heavy atom. The lowest BCUT2D eigenvalue weighted by molar-refractivity contribution is 0.0691. The van der Waals surface area contributed by atoms with Crippen LogP contribution in [0, 0.1) is 5.92 Å². The number of pyridine rings is 1. The molecule has 1 aromatic carbocycles. The van der Waals surface area contributed by atoms with Crippen LogP contribution in [0.4, 0.5) is 5.69 Å². The van der Waals surface area contributed by atoms with Crippen molar-refractivity contribution < 1.29 is 9.59 Å². The van der Waals surface area contributed by atoms with Gasteiger partial charge in [-0.2, -0.15) is 0 Å². The highest BCUT2D eigenvalue weighted by Gasteiger charge is 2.23. The van der Waals surface area contributed by atoms with Crippen molar-refractivity contribution in [2.75, 3.05) is 18.4 Å². The van der Waals surface area contributed by atoms with E-state index >= 15 is 0 Å². The minimum atomic E-state index is -0.341. The van der Waals surface area contributed by atoms with Gasteiger partial charge in [0.05, 0.1) is 10.0 Å². The van der Waals surface area contributed by atoms with Gasteiger partial charge < -0.3 is 10.2 Å². The highest BCUT2D eigenvalue weighted by Crippen LogP contribution is 2.25. The first-order valence-corrected chi connectivity index (χ1v) is 9.21. The van der Waals surface area contributed by atoms with Gasteiger partial charge in [0.1, 0.15) is 5.69 Å². The molecule has 1 fully saturated rings. The fourth-order valence-electron chi connectivity index (χ4n) is 2.84. The van der Waals surface area contributed by atoms with Crippen molar-refractivity contribution in [2.45, 2.75) is 19.8 Å². The zero-order valence-corrected chi connectivity index (χ0v) is 15.8. The van der Waals surface area contributed by atoms with Gasteiger partial charge in [-0.3, -0.25) is 14.6 Å². The zero-order chi connectivity index (χ0) is 18.7. The van der Waals surface area contributed by atoms with Gasteiger partial charge in [0.15, 0.2) is 0 Å². The summed E-state index contributed by atoms with van der Waals surface area (Å²) in [5.74, 6) is 0.156. The Morgan fingerprint density at radius 2 is 1.85 bits per heavy atom. The van der Waals surface area contributed by atoms with Crippen LogP contribution < -0.4 is 5.32 Å². The summed E-state index contributed by atoms with van der Waals surface area (Å²) in [6, 6.07) is 7.94. The normalized spacial score (nSPS) is 15.0. The number of amides is 2. The van der Waals surface area contributed by atoms with E-state index in [1.807, 2.05) is 0 Å². The fraction of sp³-hybridized carbons (Fsp3) is 0.316. The molecule has 0 spiro atoms. The zero-order valence-electron chi connectivity index (χ0n) is 14.3. The summed E-state index contributed by atoms with van der Waals surface area (Å²) >= 11 is 11.8. The smallest absolute Gasteiger partial charge is 0.272 e. The van der Waals surface area contributed by atoms with Gasteiger partial charge in [0, 0.05) is 30.5 Å². The molecular formula is C19H19Cl2N3O2. The molecule has 0 radical (unpaired) electrons. The Morgan fingerprint density at radius 1 is 1.12 bits per heavy atom. The Labute approximate surface area is 162 Å². The molecule has 2 aromatic rings. The molecule has 2 amide bonds. The van der Waals surface area contributed by atoms with Crippen LogP contribution in [0.25, 0.3) is 0 Å². The summed E-state index contributed by atoms with van der Waals surface area (Å²) in [7, 11) is 0. The molecule has 7 heteroatoms. The van der Waals surface area contributed by atoms with Gasteiger partial charge in [-0.05, 0) is 49.1 Å². The summed E-state index contributed by atoms with van der Waals surface area (Å²) < 4.78 is 0. The monoisotopic (exact) mass is 391 g/mol. The number of rotatable bonds is 3. The predicted octanol–water partition coefficient (Wildman–Crippen LogP) is 4.51. The molecule has 26 heavy (non-hydrogen) atoms. The maximum absolute atomic E-state index is 12.6. The first kappa shape index (κ1) is 18.7. The van der Waals surface area contributed by atoms with Gasteiger partial charge in [-0.15, -0.1) is 0 Å². The molecule has 2 heterocycles. The van der Waals surface area contributed by atoms with E-state index in [0.29, 0.717) is 27.2 Å². The van der Waals surface area contributed by atoms with E-state index in [-0.39, 0.29) is 17.5 Å². The third-order valence-corrected chi connectivity index (χ3v) is 5.23. The molecule has 1 aliphatic heterocycles. The average molecular weight is 392 g/mol. The molecule has 1 N–H and O–H groups in total. The number of hydrogen-bond acceptors (Lipinski definition) is 3. The number of carbonyl (C=O) groups is 2. The molecule has 0 aliphatic carbocycles. The number of benzene rings is 1. The van der Waals surface area contributed by atoms with Crippen LogP contribution in [0.1, 0.15) is 40.6 Å². The second-order valence-electron chi connectivity index (χ2n) is 6.49. The molecule has 0 atom stereocenters. The number of aromatic nitrogens is 1. The van der Waals surface area contributed by atoms with E-state index in [4.69, 9.17) is 23.2 Å². The average Bonchev–Trinajstić information content (AvgIpc) is 2.65. The van der Waals surface area contributed by atoms with Crippen LogP contribution in [-0.2, 0) is 0 Å². The van der Waals surface area contributed by atoms with Crippen molar-refractivity contribution >= 4 is 40.7 Å². The molecule has 136 valence electrons. The third kappa shape index (κ3) is 4.34. The first-order chi connectivity index (χ1) is 12.4. The van der Waals surface area contributed by atoms with Crippen molar-refractivity contribution in [2.24, 2.45) is 5.92 Å². The minimum Gasteiger partial charge on any atom is -0.337 e. The van der Waals surface area contributed by atoms with Crippen LogP contribution in [0.5, 0.6) is 0 Å². The van der Waals surface area contributed by atoms with Gasteiger partial charge in [0.2, 0.25) is 0 Å². The third-order valence-electron chi connectivity index (χ3n) is 4.49. The van der Waals surface area contributed by atoms with E-state index in [1.165, 1.54) is 12.3 Å². The lowest BCUT2D eigenvalue weighted by Crippen LogP contribution is -2.38. The van der Waals surface area contributed by atoms with Crippen molar-refractivity contribution in [1.29, 1.82) is 0 Å². The Kier molecular flexibility index (Phi) is 5.79. The van der Waals surface area contributed by atoms with Gasteiger partial charge in [-0.25, -0.2) is 0 Å². The molecule has 1 saturated heterocycles. The number of carbonyl (C=O) groups excluding carboxylic acids is 2. The van der Waals surface area contributed by atoms with Crippen molar-refractivity contribution in [3.63, 3.8) is 0 Å². The van der Waals surface area contributed by atoms with Crippen molar-refractivity contribution in [3.8, 4) is 0 Å². The lowest BCUT2D eigenvalue weighted by atomic mass is 9.99. The summed E-state index contributed by atoms with van der Waals surface area (Å²) in [4.78, 5) is 31.0. The SMILES string of the molecule is CC1CCN(C(=O)c2cc(C(=O)Nc3ccc(Cl)c(Cl)c3)ccn2)CC1. The van der Waals surface area contributed by atoms with E-state index in [1.54, 1.807) is 29.2 Å². The Balaban J connectivity index is 1.72. The summed E-state index contributed by atoms with van der Waals surface area (Å²) in [6.07, 6.45) is 3.45. The second-order valence-corrected chi connectivity index (χ2v) is 7.30. The number of nitrogens with one attached hydrogen (secondary N) is 1. The van der Waals surface area contributed by atoms with E-state index in [9.17, 15) is 9.59 Å². The van der Waals surface area contributed by atoms with E-state index in [2.05, 4.69) is 17.2 Å². The first-order valence-electron chi connectivity index (χ1n) is 8.46. The van der Waals surface area contributed by atoms with Gasteiger partial charge in [0.25, 0.3) is 11.8 Å². The number of hydrogen-bond donors (Lipinski definition) is 1. The number of piperidine rings is 1. The number of likely N-dealkylation sites (tertiary alicyclic amines) is 1. The van der Waals surface area contributed by atoms with Crippen LogP contribution in [0.2, 0.25) is 10.0 Å². The summed E-state index contributed by atoms with van der Waals surface area (Å²) in [6.45, 7) is 3.64. The summed E-state index contributed by atoms with van der Waals surface area (Å²) in [5, 5.41) is 3.51. The van der Waals surface area contributed by atoms with Crippen molar-refractivity contribution in [3.05, 3.63) is 57.8 Å². The summed E-state index contributed by atoms with van der Waals surface area (Å²) in [5.41, 5.74) is 1.17. The molecule has 0 unspecified atom stereocenters. The molecule has 0 saturated carbocycles. The lowest BCUT2D eigenvalue weighted by Gasteiger charge is -2.30. The Hall–Kier alpha value is -2.11. The number of anilines is 1. The number of halogens is 2. The van der Waals surface area contributed by atoms with Crippen LogP contribution in [0.3, 0.4) is 0 Å². The van der Waals surface area contributed by atoms with Crippen LogP contribution in [-0.4, -0.2) is 34.8 Å². The fourth-order valence-corrected chi connectivity index (χ4v) is 3.14. The Bertz CT molecular complexity index is 833. The molecule has 1 aromatic heterocycles. The quantitative estimate of drug-likeness (QED) is 0.836. The molecular weight excluding hydrogens is 373 g/mol.